The zero-order valence-electron chi connectivity index (χ0n) is 11.4. The molecule has 0 radical (unpaired) electrons. The van der Waals surface area contributed by atoms with Gasteiger partial charge in [0, 0.05) is 16.8 Å². The minimum Gasteiger partial charge on any atom is -0.388 e. The van der Waals surface area contributed by atoms with Gasteiger partial charge in [-0.3, -0.25) is 4.79 Å². The van der Waals surface area contributed by atoms with E-state index in [1.165, 1.54) is 24.3 Å². The Kier molecular flexibility index (Phi) is 3.85. The molecule has 0 heterocycles. The first kappa shape index (κ1) is 14.9. The van der Waals surface area contributed by atoms with Crippen LogP contribution in [0.25, 0.3) is 0 Å². The van der Waals surface area contributed by atoms with Crippen molar-refractivity contribution in [3.8, 4) is 0 Å². The van der Waals surface area contributed by atoms with Gasteiger partial charge in [-0.05, 0) is 48.7 Å². The minimum atomic E-state index is -0.886. The molecule has 0 saturated heterocycles. The molecule has 0 fully saturated rings. The summed E-state index contributed by atoms with van der Waals surface area (Å²) in [4.78, 5) is 12.3. The monoisotopic (exact) mass is 323 g/mol. The number of aliphatic hydroxyl groups excluding tert-OH is 1. The number of anilines is 1. The summed E-state index contributed by atoms with van der Waals surface area (Å²) in [6, 6.07) is 6.38. The highest BCUT2D eigenvalue weighted by molar-refractivity contribution is 6.31. The fraction of sp³-hybridized carbons (Fsp3) is 0.188. The largest absolute Gasteiger partial charge is 0.388 e. The summed E-state index contributed by atoms with van der Waals surface area (Å²) in [6.07, 6.45) is -0.0665. The maximum atomic E-state index is 13.8. The Morgan fingerprint density at radius 1 is 1.23 bits per heavy atom. The number of amides is 1. The van der Waals surface area contributed by atoms with Gasteiger partial charge < -0.3 is 10.4 Å². The third-order valence-electron chi connectivity index (χ3n) is 3.73. The molecular weight excluding hydrogens is 312 g/mol. The third-order valence-corrected chi connectivity index (χ3v) is 4.02. The molecule has 2 aromatic rings. The first-order chi connectivity index (χ1) is 10.5. The first-order valence-corrected chi connectivity index (χ1v) is 7.11. The predicted molar refractivity (Wildman–Crippen MR) is 79.0 cm³/mol. The molecule has 0 saturated carbocycles. The highest BCUT2D eigenvalue weighted by Gasteiger charge is 2.28. The molecule has 2 aromatic carbocycles. The van der Waals surface area contributed by atoms with Gasteiger partial charge in [0.25, 0.3) is 5.91 Å². The molecular formula is C16H12ClF2NO2. The molecule has 0 aromatic heterocycles. The molecule has 1 atom stereocenters. The summed E-state index contributed by atoms with van der Waals surface area (Å²) in [5, 5.41) is 12.3. The van der Waals surface area contributed by atoms with Crippen LogP contribution in [0, 0.1) is 11.6 Å². The van der Waals surface area contributed by atoms with Crippen LogP contribution in [-0.2, 0) is 6.42 Å². The number of rotatable bonds is 2. The van der Waals surface area contributed by atoms with E-state index in [0.29, 0.717) is 29.7 Å². The van der Waals surface area contributed by atoms with Gasteiger partial charge in [-0.1, -0.05) is 11.6 Å². The van der Waals surface area contributed by atoms with E-state index in [-0.39, 0.29) is 10.6 Å². The summed E-state index contributed by atoms with van der Waals surface area (Å²) in [7, 11) is 0. The van der Waals surface area contributed by atoms with Crippen molar-refractivity contribution in [1.82, 2.24) is 0 Å². The van der Waals surface area contributed by atoms with Crippen molar-refractivity contribution >= 4 is 23.2 Å². The number of halogens is 3. The molecule has 22 heavy (non-hydrogen) atoms. The van der Waals surface area contributed by atoms with E-state index in [1.54, 1.807) is 0 Å². The van der Waals surface area contributed by atoms with Crippen molar-refractivity contribution in [2.75, 3.05) is 5.32 Å². The number of fused-ring (bicyclic) bond motifs is 1. The molecule has 0 bridgehead atoms. The molecule has 1 amide bonds. The van der Waals surface area contributed by atoms with Crippen LogP contribution < -0.4 is 5.32 Å². The normalized spacial score (nSPS) is 16.5. The van der Waals surface area contributed by atoms with Crippen LogP contribution in [0.15, 0.2) is 30.3 Å². The van der Waals surface area contributed by atoms with Crippen molar-refractivity contribution in [3.05, 3.63) is 63.7 Å². The topological polar surface area (TPSA) is 49.3 Å². The van der Waals surface area contributed by atoms with E-state index in [1.807, 2.05) is 0 Å². The highest BCUT2D eigenvalue weighted by atomic mass is 35.5. The second-order valence-corrected chi connectivity index (χ2v) is 5.53. The van der Waals surface area contributed by atoms with E-state index in [4.69, 9.17) is 11.6 Å². The zero-order valence-corrected chi connectivity index (χ0v) is 12.1. The lowest BCUT2D eigenvalue weighted by Gasteiger charge is -2.11. The molecule has 0 spiro atoms. The molecule has 0 unspecified atom stereocenters. The van der Waals surface area contributed by atoms with Crippen molar-refractivity contribution < 1.29 is 18.7 Å². The van der Waals surface area contributed by atoms with Crippen LogP contribution in [0.3, 0.4) is 0 Å². The molecule has 6 heteroatoms. The van der Waals surface area contributed by atoms with Crippen LogP contribution in [0.5, 0.6) is 0 Å². The van der Waals surface area contributed by atoms with E-state index < -0.39 is 23.6 Å². The second kappa shape index (κ2) is 5.66. The molecule has 2 N–H and O–H groups in total. The van der Waals surface area contributed by atoms with Gasteiger partial charge in [0.1, 0.15) is 11.6 Å². The fourth-order valence-electron chi connectivity index (χ4n) is 2.68. The number of benzene rings is 2. The number of carbonyl (C=O) groups excluding carboxylic acids is 1. The number of carbonyl (C=O) groups is 1. The SMILES string of the molecule is O=C(Nc1ccc(F)c(Cl)c1)c1ccc(F)c2c1CC[C@@H]2O. The lowest BCUT2D eigenvalue weighted by molar-refractivity contribution is 0.102. The highest BCUT2D eigenvalue weighted by Crippen LogP contribution is 2.35. The Labute approximate surface area is 130 Å². The maximum absolute atomic E-state index is 13.8. The summed E-state index contributed by atoms with van der Waals surface area (Å²) < 4.78 is 26.9. The van der Waals surface area contributed by atoms with Gasteiger partial charge >= 0.3 is 0 Å². The van der Waals surface area contributed by atoms with Gasteiger partial charge in [-0.2, -0.15) is 0 Å². The van der Waals surface area contributed by atoms with Gasteiger partial charge in [0.15, 0.2) is 0 Å². The lowest BCUT2D eigenvalue weighted by Crippen LogP contribution is -2.15. The van der Waals surface area contributed by atoms with E-state index in [2.05, 4.69) is 5.32 Å². The van der Waals surface area contributed by atoms with Gasteiger partial charge in [-0.15, -0.1) is 0 Å². The number of hydrogen-bond acceptors (Lipinski definition) is 2. The smallest absolute Gasteiger partial charge is 0.255 e. The van der Waals surface area contributed by atoms with Crippen LogP contribution in [0.4, 0.5) is 14.5 Å². The van der Waals surface area contributed by atoms with E-state index in [9.17, 15) is 18.7 Å². The quantitative estimate of drug-likeness (QED) is 0.882. The van der Waals surface area contributed by atoms with E-state index >= 15 is 0 Å². The average Bonchev–Trinajstić information content (AvgIpc) is 2.86. The van der Waals surface area contributed by atoms with Crippen molar-refractivity contribution in [2.45, 2.75) is 18.9 Å². The van der Waals surface area contributed by atoms with Crippen molar-refractivity contribution in [1.29, 1.82) is 0 Å². The molecule has 3 rings (SSSR count). The molecule has 1 aliphatic carbocycles. The Bertz CT molecular complexity index is 764. The van der Waals surface area contributed by atoms with Gasteiger partial charge in [-0.25, -0.2) is 8.78 Å². The summed E-state index contributed by atoms with van der Waals surface area (Å²) in [5.41, 5.74) is 1.34. The standard InChI is InChI=1S/C16H12ClF2NO2/c17-11-7-8(1-4-12(11)18)20-16(22)10-2-5-13(19)15-9(10)3-6-14(15)21/h1-2,4-5,7,14,21H,3,6H2,(H,20,22)/t14-/m0/s1. The van der Waals surface area contributed by atoms with Crippen LogP contribution >= 0.6 is 11.6 Å². The van der Waals surface area contributed by atoms with Gasteiger partial charge in [0.2, 0.25) is 0 Å². The number of nitrogens with one attached hydrogen (secondary N) is 1. The van der Waals surface area contributed by atoms with E-state index in [0.717, 1.165) is 6.07 Å². The first-order valence-electron chi connectivity index (χ1n) is 6.73. The van der Waals surface area contributed by atoms with Gasteiger partial charge in [0.05, 0.1) is 11.1 Å². The molecule has 1 aliphatic rings. The summed E-state index contributed by atoms with van der Waals surface area (Å²) in [5.74, 6) is -1.54. The van der Waals surface area contributed by atoms with Crippen LogP contribution in [-0.4, -0.2) is 11.0 Å². The average molecular weight is 324 g/mol. The minimum absolute atomic E-state index is 0.0995. The molecule has 114 valence electrons. The van der Waals surface area contributed by atoms with Crippen molar-refractivity contribution in [2.24, 2.45) is 0 Å². The van der Waals surface area contributed by atoms with Crippen LogP contribution in [0.2, 0.25) is 5.02 Å². The Morgan fingerprint density at radius 3 is 2.68 bits per heavy atom. The molecule has 3 nitrogen and oxygen atoms in total. The maximum Gasteiger partial charge on any atom is 0.255 e. The lowest BCUT2D eigenvalue weighted by atomic mass is 10.0. The second-order valence-electron chi connectivity index (χ2n) is 5.12. The Balaban J connectivity index is 1.92. The zero-order chi connectivity index (χ0) is 15.9. The Morgan fingerprint density at radius 2 is 1.95 bits per heavy atom. The fourth-order valence-corrected chi connectivity index (χ4v) is 2.86. The number of aliphatic hydroxyl groups is 1. The van der Waals surface area contributed by atoms with Crippen molar-refractivity contribution in [3.63, 3.8) is 0 Å². The Hall–Kier alpha value is -1.98. The summed E-state index contributed by atoms with van der Waals surface area (Å²) >= 11 is 5.67. The number of hydrogen-bond donors (Lipinski definition) is 2. The molecule has 0 aliphatic heterocycles. The van der Waals surface area contributed by atoms with Crippen LogP contribution in [0.1, 0.15) is 34.0 Å². The summed E-state index contributed by atoms with van der Waals surface area (Å²) in [6.45, 7) is 0. The third kappa shape index (κ3) is 2.58. The predicted octanol–water partition coefficient (Wildman–Crippen LogP) is 3.85.